The lowest BCUT2D eigenvalue weighted by molar-refractivity contribution is 1.16. The Morgan fingerprint density at radius 1 is 1.30 bits per heavy atom. The predicted molar refractivity (Wildman–Crippen MR) is 40.0 cm³/mol. The zero-order valence-corrected chi connectivity index (χ0v) is 5.41. The van der Waals surface area contributed by atoms with E-state index in [0.717, 1.165) is 6.21 Å². The van der Waals surface area contributed by atoms with E-state index in [2.05, 4.69) is 16.5 Å². The fourth-order valence-electron chi connectivity index (χ4n) is 0.628. The van der Waals surface area contributed by atoms with Gasteiger partial charge in [-0.05, 0) is 6.08 Å². The van der Waals surface area contributed by atoms with Crippen LogP contribution in [0.3, 0.4) is 0 Å². The molecule has 0 aliphatic carbocycles. The van der Waals surface area contributed by atoms with Gasteiger partial charge >= 0.3 is 0 Å². The molecule has 0 radical (unpaired) electrons. The Morgan fingerprint density at radius 3 is 2.30 bits per heavy atom. The summed E-state index contributed by atoms with van der Waals surface area (Å²) in [5.74, 6) is 0. The first-order valence-corrected chi connectivity index (χ1v) is 2.82. The first-order valence-electron chi connectivity index (χ1n) is 2.82. The minimum Gasteiger partial charge on any atom is -0.306 e. The lowest BCUT2D eigenvalue weighted by Crippen LogP contribution is -1.92. The normalized spacial score (nSPS) is 8.80. The minimum atomic E-state index is 0.553. The van der Waals surface area contributed by atoms with Crippen LogP contribution >= 0.6 is 0 Å². The summed E-state index contributed by atoms with van der Waals surface area (Å²) in [4.78, 5) is 7.83. The highest BCUT2D eigenvalue weighted by Crippen LogP contribution is 1.97. The molecule has 1 N–H and O–H groups in total. The third-order valence-corrected chi connectivity index (χ3v) is 1.09. The van der Waals surface area contributed by atoms with Gasteiger partial charge in [0.15, 0.2) is 0 Å². The van der Waals surface area contributed by atoms with Crippen LogP contribution in [0.5, 0.6) is 0 Å². The fourth-order valence-corrected chi connectivity index (χ4v) is 0.628. The summed E-state index contributed by atoms with van der Waals surface area (Å²) in [6, 6.07) is 0. The summed E-state index contributed by atoms with van der Waals surface area (Å²) in [5, 5.41) is 6.91. The molecule has 1 aromatic rings. The molecule has 0 fully saturated rings. The Bertz CT molecular complexity index is 228. The molecule has 0 bridgehead atoms. The average molecular weight is 133 g/mol. The van der Waals surface area contributed by atoms with E-state index < -0.39 is 0 Å². The molecule has 1 heterocycles. The number of hydrogen-bond donors (Lipinski definition) is 1. The third kappa shape index (κ3) is 1.07. The van der Waals surface area contributed by atoms with E-state index >= 15 is 0 Å². The van der Waals surface area contributed by atoms with E-state index in [1.165, 1.54) is 0 Å². The van der Waals surface area contributed by atoms with Crippen molar-refractivity contribution in [3.8, 4) is 0 Å². The van der Waals surface area contributed by atoms with E-state index in [9.17, 15) is 0 Å². The lowest BCUT2D eigenvalue weighted by Gasteiger charge is -1.93. The molecule has 0 aliphatic heterocycles. The van der Waals surface area contributed by atoms with Gasteiger partial charge in [-0.25, -0.2) is 0 Å². The zero-order valence-electron chi connectivity index (χ0n) is 5.41. The molecule has 0 aliphatic rings. The smallest absolute Gasteiger partial charge is 0.106 e. The summed E-state index contributed by atoms with van der Waals surface area (Å²) in [5.41, 5.74) is 1.20. The van der Waals surface area contributed by atoms with Crippen molar-refractivity contribution in [2.75, 3.05) is 0 Å². The van der Waals surface area contributed by atoms with Crippen molar-refractivity contribution in [3.63, 3.8) is 0 Å². The molecule has 0 amide bonds. The molecule has 0 unspecified atom stereocenters. The Hall–Kier alpha value is -1.51. The van der Waals surface area contributed by atoms with Crippen molar-refractivity contribution in [2.24, 2.45) is 0 Å². The quantitative estimate of drug-likeness (QED) is 0.614. The van der Waals surface area contributed by atoms with Gasteiger partial charge in [0.05, 0.1) is 5.69 Å². The van der Waals surface area contributed by atoms with Gasteiger partial charge in [-0.3, -0.25) is 9.97 Å². The molecule has 1 rings (SSSR count). The topological polar surface area (TPSA) is 49.6 Å². The van der Waals surface area contributed by atoms with Crippen molar-refractivity contribution < 1.29 is 0 Å². The molecule has 10 heavy (non-hydrogen) atoms. The standard InChI is InChI=1S/C7H7N3/c1-2-6-7(5-8)10-4-3-9-6/h2-5,8H,1H2. The van der Waals surface area contributed by atoms with Crippen molar-refractivity contribution in [2.45, 2.75) is 0 Å². The second-order valence-electron chi connectivity index (χ2n) is 1.68. The molecule has 1 aromatic heterocycles. The van der Waals surface area contributed by atoms with Gasteiger partial charge in [0.2, 0.25) is 0 Å². The zero-order chi connectivity index (χ0) is 7.40. The molecule has 0 saturated carbocycles. The summed E-state index contributed by atoms with van der Waals surface area (Å²) < 4.78 is 0. The monoisotopic (exact) mass is 133 g/mol. The summed E-state index contributed by atoms with van der Waals surface area (Å²) in [6.07, 6.45) is 5.86. The second-order valence-corrected chi connectivity index (χ2v) is 1.68. The SMILES string of the molecule is C=Cc1nccnc1C=N. The summed E-state index contributed by atoms with van der Waals surface area (Å²) in [7, 11) is 0. The highest BCUT2D eigenvalue weighted by atomic mass is 14.8. The van der Waals surface area contributed by atoms with E-state index in [1.54, 1.807) is 18.5 Å². The molecule has 3 heteroatoms. The lowest BCUT2D eigenvalue weighted by atomic mass is 10.3. The van der Waals surface area contributed by atoms with E-state index in [-0.39, 0.29) is 0 Å². The van der Waals surface area contributed by atoms with Gasteiger partial charge in [0, 0.05) is 18.6 Å². The van der Waals surface area contributed by atoms with Crippen LogP contribution in [0.4, 0.5) is 0 Å². The summed E-state index contributed by atoms with van der Waals surface area (Å²) in [6.45, 7) is 3.53. The minimum absolute atomic E-state index is 0.553. The number of nitrogens with one attached hydrogen (secondary N) is 1. The van der Waals surface area contributed by atoms with Crippen LogP contribution in [0.1, 0.15) is 11.4 Å². The first-order chi connectivity index (χ1) is 4.88. The van der Waals surface area contributed by atoms with Gasteiger partial charge in [0.1, 0.15) is 5.69 Å². The fraction of sp³-hybridized carbons (Fsp3) is 0. The van der Waals surface area contributed by atoms with Gasteiger partial charge in [-0.2, -0.15) is 0 Å². The predicted octanol–water partition coefficient (Wildman–Crippen LogP) is 1.12. The first kappa shape index (κ1) is 6.61. The van der Waals surface area contributed by atoms with Crippen molar-refractivity contribution in [1.82, 2.24) is 9.97 Å². The largest absolute Gasteiger partial charge is 0.306 e. The molecule has 0 spiro atoms. The maximum absolute atomic E-state index is 6.91. The highest BCUT2D eigenvalue weighted by Gasteiger charge is 1.94. The molecule has 50 valence electrons. The van der Waals surface area contributed by atoms with Gasteiger partial charge < -0.3 is 5.41 Å². The molecule has 0 saturated heterocycles. The Kier molecular flexibility index (Phi) is 1.89. The van der Waals surface area contributed by atoms with Gasteiger partial charge in [-0.15, -0.1) is 0 Å². The maximum atomic E-state index is 6.91. The molecule has 0 atom stereocenters. The van der Waals surface area contributed by atoms with Crippen LogP contribution in [0, 0.1) is 5.41 Å². The Labute approximate surface area is 59.0 Å². The van der Waals surface area contributed by atoms with Gasteiger partial charge in [-0.1, -0.05) is 6.58 Å². The second kappa shape index (κ2) is 2.87. The number of rotatable bonds is 2. The van der Waals surface area contributed by atoms with Crippen LogP contribution in [-0.4, -0.2) is 16.2 Å². The van der Waals surface area contributed by atoms with E-state index in [0.29, 0.717) is 11.4 Å². The number of aromatic nitrogens is 2. The van der Waals surface area contributed by atoms with Gasteiger partial charge in [0.25, 0.3) is 0 Å². The Balaban J connectivity index is 3.20. The van der Waals surface area contributed by atoms with Crippen LogP contribution in [0.25, 0.3) is 6.08 Å². The number of nitrogens with zero attached hydrogens (tertiary/aromatic N) is 2. The van der Waals surface area contributed by atoms with Crippen LogP contribution in [-0.2, 0) is 0 Å². The van der Waals surface area contributed by atoms with Crippen molar-refractivity contribution in [1.29, 1.82) is 5.41 Å². The average Bonchev–Trinajstić information content (AvgIpc) is 2.04. The van der Waals surface area contributed by atoms with E-state index in [4.69, 9.17) is 5.41 Å². The molecule has 3 nitrogen and oxygen atoms in total. The third-order valence-electron chi connectivity index (χ3n) is 1.09. The van der Waals surface area contributed by atoms with Crippen molar-refractivity contribution in [3.05, 3.63) is 30.4 Å². The van der Waals surface area contributed by atoms with Crippen molar-refractivity contribution >= 4 is 12.3 Å². The molecular weight excluding hydrogens is 126 g/mol. The Morgan fingerprint density at radius 2 is 1.90 bits per heavy atom. The van der Waals surface area contributed by atoms with E-state index in [1.807, 2.05) is 0 Å². The maximum Gasteiger partial charge on any atom is 0.106 e. The summed E-state index contributed by atoms with van der Waals surface area (Å²) >= 11 is 0. The molecule has 0 aromatic carbocycles. The molecular formula is C7H7N3. The highest BCUT2D eigenvalue weighted by molar-refractivity contribution is 5.78. The van der Waals surface area contributed by atoms with Crippen LogP contribution in [0.2, 0.25) is 0 Å². The van der Waals surface area contributed by atoms with Crippen LogP contribution < -0.4 is 0 Å². The number of hydrogen-bond acceptors (Lipinski definition) is 3. The van der Waals surface area contributed by atoms with Crippen LogP contribution in [0.15, 0.2) is 19.0 Å².